The van der Waals surface area contributed by atoms with Crippen molar-refractivity contribution in [2.45, 2.75) is 38.6 Å². The fourth-order valence-electron chi connectivity index (χ4n) is 2.36. The van der Waals surface area contributed by atoms with Crippen LogP contribution in [0.15, 0.2) is 0 Å². The summed E-state index contributed by atoms with van der Waals surface area (Å²) >= 11 is 0. The number of rotatable bonds is 4. The predicted octanol–water partition coefficient (Wildman–Crippen LogP) is 1.47. The van der Waals surface area contributed by atoms with Gasteiger partial charge in [0.1, 0.15) is 0 Å². The normalized spacial score (nSPS) is 27.5. The second-order valence-electron chi connectivity index (χ2n) is 4.53. The Morgan fingerprint density at radius 3 is 2.54 bits per heavy atom. The smallest absolute Gasteiger partial charge is 0.0110 e. The molecule has 2 nitrogen and oxygen atoms in total. The largest absolute Gasteiger partial charge is 0.314 e. The van der Waals surface area contributed by atoms with E-state index >= 15 is 0 Å². The third-order valence-electron chi connectivity index (χ3n) is 3.44. The molecule has 1 atom stereocenters. The summed E-state index contributed by atoms with van der Waals surface area (Å²) in [4.78, 5) is 2.69. The van der Waals surface area contributed by atoms with Crippen molar-refractivity contribution in [1.29, 1.82) is 0 Å². The van der Waals surface area contributed by atoms with Gasteiger partial charge in [0.2, 0.25) is 0 Å². The Balaban J connectivity index is 1.78. The van der Waals surface area contributed by atoms with E-state index in [9.17, 15) is 0 Å². The van der Waals surface area contributed by atoms with Crippen LogP contribution in [0.3, 0.4) is 0 Å². The number of hydrogen-bond acceptors (Lipinski definition) is 2. The Labute approximate surface area is 81.7 Å². The standard InChI is InChI=1S/C11H22N2/c1-2-11(9-10-3-4-10)13-7-5-12-6-8-13/h10-12H,2-9H2,1H3. The van der Waals surface area contributed by atoms with E-state index < -0.39 is 0 Å². The van der Waals surface area contributed by atoms with Crippen LogP contribution in [0.25, 0.3) is 0 Å². The molecule has 0 amide bonds. The van der Waals surface area contributed by atoms with Crippen LogP contribution in [-0.2, 0) is 0 Å². The third kappa shape index (κ3) is 2.68. The van der Waals surface area contributed by atoms with E-state index in [2.05, 4.69) is 17.1 Å². The van der Waals surface area contributed by atoms with E-state index in [1.54, 1.807) is 0 Å². The quantitative estimate of drug-likeness (QED) is 0.708. The van der Waals surface area contributed by atoms with E-state index in [4.69, 9.17) is 0 Å². The van der Waals surface area contributed by atoms with Gasteiger partial charge in [-0.3, -0.25) is 4.90 Å². The van der Waals surface area contributed by atoms with Gasteiger partial charge in [0.15, 0.2) is 0 Å². The Kier molecular flexibility index (Phi) is 3.23. The zero-order valence-corrected chi connectivity index (χ0v) is 8.76. The minimum atomic E-state index is 0.884. The maximum atomic E-state index is 3.42. The fourth-order valence-corrected chi connectivity index (χ4v) is 2.36. The molecule has 1 N–H and O–H groups in total. The van der Waals surface area contributed by atoms with Crippen LogP contribution in [0.4, 0.5) is 0 Å². The minimum absolute atomic E-state index is 0.884. The van der Waals surface area contributed by atoms with Crippen LogP contribution in [0, 0.1) is 5.92 Å². The van der Waals surface area contributed by atoms with Gasteiger partial charge in [-0.05, 0) is 18.8 Å². The second-order valence-corrected chi connectivity index (χ2v) is 4.53. The molecule has 1 heterocycles. The van der Waals surface area contributed by atoms with E-state index in [0.29, 0.717) is 0 Å². The number of piperazine rings is 1. The van der Waals surface area contributed by atoms with E-state index in [1.807, 2.05) is 0 Å². The van der Waals surface area contributed by atoms with Gasteiger partial charge in [-0.1, -0.05) is 19.8 Å². The summed E-state index contributed by atoms with van der Waals surface area (Å²) in [7, 11) is 0. The van der Waals surface area contributed by atoms with Crippen LogP contribution in [0.2, 0.25) is 0 Å². The first-order valence-corrected chi connectivity index (χ1v) is 5.85. The molecule has 0 bridgehead atoms. The number of nitrogens with zero attached hydrogens (tertiary/aromatic N) is 1. The molecule has 2 fully saturated rings. The van der Waals surface area contributed by atoms with Crippen molar-refractivity contribution < 1.29 is 0 Å². The summed E-state index contributed by atoms with van der Waals surface area (Å²) in [6.45, 7) is 7.27. The van der Waals surface area contributed by atoms with Crippen LogP contribution in [-0.4, -0.2) is 37.1 Å². The van der Waals surface area contributed by atoms with Crippen molar-refractivity contribution in [2.75, 3.05) is 26.2 Å². The maximum Gasteiger partial charge on any atom is 0.0110 e. The highest BCUT2D eigenvalue weighted by atomic mass is 15.2. The summed E-state index contributed by atoms with van der Waals surface area (Å²) in [5.41, 5.74) is 0. The second kappa shape index (κ2) is 4.43. The molecule has 0 aromatic heterocycles. The van der Waals surface area contributed by atoms with Crippen LogP contribution in [0.5, 0.6) is 0 Å². The van der Waals surface area contributed by atoms with Crippen LogP contribution in [0.1, 0.15) is 32.6 Å². The monoisotopic (exact) mass is 182 g/mol. The lowest BCUT2D eigenvalue weighted by Gasteiger charge is -2.34. The highest BCUT2D eigenvalue weighted by Gasteiger charge is 2.28. The average molecular weight is 182 g/mol. The lowest BCUT2D eigenvalue weighted by molar-refractivity contribution is 0.156. The summed E-state index contributed by atoms with van der Waals surface area (Å²) in [5, 5.41) is 3.42. The van der Waals surface area contributed by atoms with Crippen molar-refractivity contribution in [3.63, 3.8) is 0 Å². The first-order chi connectivity index (χ1) is 6.40. The molecule has 1 saturated heterocycles. The molecule has 1 aliphatic heterocycles. The molecular formula is C11H22N2. The Morgan fingerprint density at radius 1 is 1.31 bits per heavy atom. The Bertz CT molecular complexity index is 148. The highest BCUT2D eigenvalue weighted by Crippen LogP contribution is 2.35. The average Bonchev–Trinajstić information content (AvgIpc) is 2.99. The summed E-state index contributed by atoms with van der Waals surface area (Å²) in [6.07, 6.45) is 5.82. The molecule has 2 aliphatic rings. The first kappa shape index (κ1) is 9.47. The summed E-state index contributed by atoms with van der Waals surface area (Å²) < 4.78 is 0. The van der Waals surface area contributed by atoms with Gasteiger partial charge >= 0.3 is 0 Å². The van der Waals surface area contributed by atoms with Gasteiger partial charge in [-0.25, -0.2) is 0 Å². The van der Waals surface area contributed by atoms with Gasteiger partial charge in [-0.15, -0.1) is 0 Å². The molecule has 13 heavy (non-hydrogen) atoms. The van der Waals surface area contributed by atoms with Crippen molar-refractivity contribution >= 4 is 0 Å². The topological polar surface area (TPSA) is 15.3 Å². The molecule has 1 aliphatic carbocycles. The predicted molar refractivity (Wildman–Crippen MR) is 55.9 cm³/mol. The zero-order chi connectivity index (χ0) is 9.10. The molecule has 76 valence electrons. The van der Waals surface area contributed by atoms with Crippen LogP contribution < -0.4 is 5.32 Å². The minimum Gasteiger partial charge on any atom is -0.314 e. The van der Waals surface area contributed by atoms with Gasteiger partial charge < -0.3 is 5.32 Å². The van der Waals surface area contributed by atoms with Gasteiger partial charge in [0.05, 0.1) is 0 Å². The molecule has 0 aromatic rings. The molecule has 0 spiro atoms. The van der Waals surface area contributed by atoms with Crippen molar-refractivity contribution in [2.24, 2.45) is 5.92 Å². The van der Waals surface area contributed by atoms with Gasteiger partial charge in [0, 0.05) is 32.2 Å². The highest BCUT2D eigenvalue weighted by molar-refractivity contribution is 4.83. The molecule has 1 unspecified atom stereocenters. The molecule has 0 radical (unpaired) electrons. The molecule has 2 rings (SSSR count). The van der Waals surface area contributed by atoms with Crippen molar-refractivity contribution in [3.8, 4) is 0 Å². The lowest BCUT2D eigenvalue weighted by Crippen LogP contribution is -2.48. The van der Waals surface area contributed by atoms with E-state index in [1.165, 1.54) is 51.9 Å². The molecule has 0 aromatic carbocycles. The lowest BCUT2D eigenvalue weighted by atomic mass is 10.1. The summed E-state index contributed by atoms with van der Waals surface area (Å²) in [6, 6.07) is 0.884. The van der Waals surface area contributed by atoms with Crippen molar-refractivity contribution in [3.05, 3.63) is 0 Å². The van der Waals surface area contributed by atoms with Gasteiger partial charge in [-0.2, -0.15) is 0 Å². The van der Waals surface area contributed by atoms with E-state index in [-0.39, 0.29) is 0 Å². The molecule has 1 saturated carbocycles. The van der Waals surface area contributed by atoms with Crippen molar-refractivity contribution in [1.82, 2.24) is 10.2 Å². The summed E-state index contributed by atoms with van der Waals surface area (Å²) in [5.74, 6) is 1.08. The van der Waals surface area contributed by atoms with Gasteiger partial charge in [0.25, 0.3) is 0 Å². The first-order valence-electron chi connectivity index (χ1n) is 5.85. The SMILES string of the molecule is CCC(CC1CC1)N1CCNCC1. The third-order valence-corrected chi connectivity index (χ3v) is 3.44. The maximum absolute atomic E-state index is 3.42. The Morgan fingerprint density at radius 2 is 2.00 bits per heavy atom. The molecular weight excluding hydrogens is 160 g/mol. The fraction of sp³-hybridized carbons (Fsp3) is 1.00. The number of hydrogen-bond donors (Lipinski definition) is 1. The zero-order valence-electron chi connectivity index (χ0n) is 8.76. The van der Waals surface area contributed by atoms with E-state index in [0.717, 1.165) is 12.0 Å². The molecule has 2 heteroatoms. The Hall–Kier alpha value is -0.0800. The number of nitrogens with one attached hydrogen (secondary N) is 1. The van der Waals surface area contributed by atoms with Crippen LogP contribution >= 0.6 is 0 Å².